The van der Waals surface area contributed by atoms with Crippen LogP contribution in [0.15, 0.2) is 6.20 Å². The summed E-state index contributed by atoms with van der Waals surface area (Å²) in [6.07, 6.45) is 4.26. The van der Waals surface area contributed by atoms with Crippen LogP contribution in [0.3, 0.4) is 0 Å². The summed E-state index contributed by atoms with van der Waals surface area (Å²) in [4.78, 5) is 8.26. The van der Waals surface area contributed by atoms with Gasteiger partial charge in [-0.2, -0.15) is 15.1 Å². The Morgan fingerprint density at radius 1 is 1.50 bits per heavy atom. The van der Waals surface area contributed by atoms with Crippen LogP contribution >= 0.6 is 0 Å². The van der Waals surface area contributed by atoms with Crippen LogP contribution in [-0.2, 0) is 0 Å². The van der Waals surface area contributed by atoms with Crippen molar-refractivity contribution in [2.24, 2.45) is 5.41 Å². The fraction of sp³-hybridized carbons (Fsp3) is 0.500. The highest BCUT2D eigenvalue weighted by Gasteiger charge is 2.37. The van der Waals surface area contributed by atoms with Crippen molar-refractivity contribution in [2.75, 3.05) is 17.6 Å². The van der Waals surface area contributed by atoms with E-state index in [9.17, 15) is 0 Å². The predicted molar refractivity (Wildman–Crippen MR) is 61.9 cm³/mol. The summed E-state index contributed by atoms with van der Waals surface area (Å²) in [5.41, 5.74) is 6.73. The Hall–Kier alpha value is -1.85. The van der Waals surface area contributed by atoms with Gasteiger partial charge in [0.1, 0.15) is 5.82 Å². The van der Waals surface area contributed by atoms with Crippen LogP contribution < -0.4 is 11.1 Å². The molecule has 2 heterocycles. The second-order valence-corrected chi connectivity index (χ2v) is 4.73. The number of H-pyrrole nitrogens is 1. The summed E-state index contributed by atoms with van der Waals surface area (Å²) in [7, 11) is 0. The van der Waals surface area contributed by atoms with E-state index in [1.54, 1.807) is 6.20 Å². The zero-order valence-corrected chi connectivity index (χ0v) is 9.12. The average molecular weight is 218 g/mol. The minimum Gasteiger partial charge on any atom is -0.369 e. The van der Waals surface area contributed by atoms with Crippen molar-refractivity contribution >= 4 is 22.8 Å². The molecule has 3 rings (SSSR count). The second-order valence-electron chi connectivity index (χ2n) is 4.73. The number of hydrogen-bond acceptors (Lipinski definition) is 5. The number of nitrogens with one attached hydrogen (secondary N) is 2. The molecule has 0 aliphatic heterocycles. The van der Waals surface area contributed by atoms with E-state index >= 15 is 0 Å². The van der Waals surface area contributed by atoms with Gasteiger partial charge in [0.25, 0.3) is 0 Å². The van der Waals surface area contributed by atoms with Crippen LogP contribution in [0.25, 0.3) is 11.0 Å². The monoisotopic (exact) mass is 218 g/mol. The van der Waals surface area contributed by atoms with Crippen molar-refractivity contribution < 1.29 is 0 Å². The Bertz CT molecular complexity index is 527. The van der Waals surface area contributed by atoms with E-state index in [2.05, 4.69) is 32.4 Å². The highest BCUT2D eigenvalue weighted by Crippen LogP contribution is 2.44. The number of anilines is 2. The van der Waals surface area contributed by atoms with Gasteiger partial charge in [0.15, 0.2) is 5.65 Å². The van der Waals surface area contributed by atoms with Gasteiger partial charge in [0.2, 0.25) is 5.95 Å². The third-order valence-corrected chi connectivity index (χ3v) is 3.11. The minimum atomic E-state index is 0.264. The predicted octanol–water partition coefficient (Wildman–Crippen LogP) is 1.15. The van der Waals surface area contributed by atoms with E-state index in [4.69, 9.17) is 5.73 Å². The van der Waals surface area contributed by atoms with Crippen LogP contribution in [0.1, 0.15) is 19.8 Å². The molecule has 0 saturated heterocycles. The lowest BCUT2D eigenvalue weighted by Gasteiger charge is -2.11. The summed E-state index contributed by atoms with van der Waals surface area (Å²) in [6.45, 7) is 3.18. The molecule has 0 radical (unpaired) electrons. The van der Waals surface area contributed by atoms with Crippen molar-refractivity contribution in [3.8, 4) is 0 Å². The van der Waals surface area contributed by atoms with Crippen molar-refractivity contribution in [1.29, 1.82) is 0 Å². The number of nitrogens with two attached hydrogens (primary N) is 1. The molecule has 0 atom stereocenters. The third-order valence-electron chi connectivity index (χ3n) is 3.11. The summed E-state index contributed by atoms with van der Waals surface area (Å²) >= 11 is 0. The zero-order chi connectivity index (χ0) is 11.2. The lowest BCUT2D eigenvalue weighted by molar-refractivity contribution is 0.610. The molecule has 1 aliphatic rings. The number of nitrogens with zero attached hydrogens (tertiary/aromatic N) is 3. The number of hydrogen-bond donors (Lipinski definition) is 3. The van der Waals surface area contributed by atoms with Crippen LogP contribution in [0.2, 0.25) is 0 Å². The molecule has 0 amide bonds. The smallest absolute Gasteiger partial charge is 0.224 e. The van der Waals surface area contributed by atoms with Gasteiger partial charge in [-0.3, -0.25) is 5.10 Å². The van der Waals surface area contributed by atoms with E-state index < -0.39 is 0 Å². The van der Waals surface area contributed by atoms with E-state index in [1.807, 2.05) is 0 Å². The molecule has 1 aliphatic carbocycles. The molecular formula is C10H14N6. The number of aromatic amines is 1. The Balaban J connectivity index is 1.92. The first-order valence-electron chi connectivity index (χ1n) is 5.37. The largest absolute Gasteiger partial charge is 0.369 e. The fourth-order valence-corrected chi connectivity index (χ4v) is 1.67. The standard InChI is InChI=1S/C10H14N6/c1-10(2-3-10)5-12-7-6-4-13-16-8(6)15-9(11)14-7/h4H,2-3,5H2,1H3,(H4,11,12,13,14,15,16). The normalized spacial score (nSPS) is 17.6. The minimum absolute atomic E-state index is 0.264. The Morgan fingerprint density at radius 2 is 2.31 bits per heavy atom. The molecule has 0 bridgehead atoms. The van der Waals surface area contributed by atoms with Gasteiger partial charge < -0.3 is 11.1 Å². The molecule has 2 aromatic heterocycles. The van der Waals surface area contributed by atoms with Gasteiger partial charge in [0, 0.05) is 6.54 Å². The van der Waals surface area contributed by atoms with E-state index in [1.165, 1.54) is 12.8 Å². The first-order chi connectivity index (χ1) is 7.66. The molecule has 0 aromatic carbocycles. The second kappa shape index (κ2) is 3.07. The van der Waals surface area contributed by atoms with Crippen molar-refractivity contribution in [3.05, 3.63) is 6.20 Å². The summed E-state index contributed by atoms with van der Waals surface area (Å²) in [6, 6.07) is 0. The maximum Gasteiger partial charge on any atom is 0.224 e. The van der Waals surface area contributed by atoms with Crippen molar-refractivity contribution in [1.82, 2.24) is 20.2 Å². The quantitative estimate of drug-likeness (QED) is 0.718. The molecule has 6 heteroatoms. The van der Waals surface area contributed by atoms with Crippen LogP contribution in [0, 0.1) is 5.41 Å². The van der Waals surface area contributed by atoms with Crippen LogP contribution in [0.4, 0.5) is 11.8 Å². The molecule has 2 aromatic rings. The van der Waals surface area contributed by atoms with E-state index in [-0.39, 0.29) is 5.95 Å². The van der Waals surface area contributed by atoms with Gasteiger partial charge in [0.05, 0.1) is 11.6 Å². The maximum atomic E-state index is 5.63. The Labute approximate surface area is 92.7 Å². The number of aromatic nitrogens is 4. The highest BCUT2D eigenvalue weighted by atomic mass is 15.2. The summed E-state index contributed by atoms with van der Waals surface area (Å²) in [5, 5.41) is 10.9. The van der Waals surface area contributed by atoms with E-state index in [0.29, 0.717) is 11.1 Å². The first kappa shape index (κ1) is 9.38. The molecule has 6 nitrogen and oxygen atoms in total. The molecule has 0 spiro atoms. The molecule has 1 fully saturated rings. The maximum absolute atomic E-state index is 5.63. The zero-order valence-electron chi connectivity index (χ0n) is 9.12. The molecule has 84 valence electrons. The number of nitrogen functional groups attached to an aromatic ring is 1. The molecular weight excluding hydrogens is 204 g/mol. The van der Waals surface area contributed by atoms with Crippen molar-refractivity contribution in [3.63, 3.8) is 0 Å². The van der Waals surface area contributed by atoms with E-state index in [0.717, 1.165) is 17.7 Å². The van der Waals surface area contributed by atoms with Crippen molar-refractivity contribution in [2.45, 2.75) is 19.8 Å². The van der Waals surface area contributed by atoms with Crippen LogP contribution in [0.5, 0.6) is 0 Å². The van der Waals surface area contributed by atoms with Gasteiger partial charge in [-0.25, -0.2) is 0 Å². The fourth-order valence-electron chi connectivity index (χ4n) is 1.67. The molecule has 16 heavy (non-hydrogen) atoms. The Kier molecular flexibility index (Phi) is 1.80. The average Bonchev–Trinajstić information content (AvgIpc) is 2.79. The summed E-state index contributed by atoms with van der Waals surface area (Å²) in [5.74, 6) is 1.03. The van der Waals surface area contributed by atoms with Crippen LogP contribution in [-0.4, -0.2) is 26.7 Å². The summed E-state index contributed by atoms with van der Waals surface area (Å²) < 4.78 is 0. The van der Waals surface area contributed by atoms with Gasteiger partial charge in [-0.15, -0.1) is 0 Å². The molecule has 0 unspecified atom stereocenters. The third kappa shape index (κ3) is 1.56. The number of rotatable bonds is 3. The highest BCUT2D eigenvalue weighted by molar-refractivity contribution is 5.86. The van der Waals surface area contributed by atoms with Gasteiger partial charge in [-0.1, -0.05) is 6.92 Å². The lowest BCUT2D eigenvalue weighted by Crippen LogP contribution is -2.13. The Morgan fingerprint density at radius 3 is 3.06 bits per heavy atom. The first-order valence-corrected chi connectivity index (χ1v) is 5.37. The topological polar surface area (TPSA) is 92.5 Å². The molecule has 4 N–H and O–H groups in total. The lowest BCUT2D eigenvalue weighted by atomic mass is 10.1. The number of fused-ring (bicyclic) bond motifs is 1. The van der Waals surface area contributed by atoms with Gasteiger partial charge >= 0.3 is 0 Å². The SMILES string of the molecule is CC1(CNc2nc(N)nc3[nH]ncc23)CC1. The molecule has 1 saturated carbocycles. The van der Waals surface area contributed by atoms with Gasteiger partial charge in [-0.05, 0) is 18.3 Å².